The van der Waals surface area contributed by atoms with Crippen molar-refractivity contribution in [1.29, 1.82) is 0 Å². The Kier molecular flexibility index (Phi) is 5.54. The smallest absolute Gasteiger partial charge is 0.0502 e. The Bertz CT molecular complexity index is 344. The maximum Gasteiger partial charge on any atom is 0.0502 e. The molecule has 1 aliphatic rings. The lowest BCUT2D eigenvalue weighted by molar-refractivity contribution is 0.202. The summed E-state index contributed by atoms with van der Waals surface area (Å²) in [7, 11) is 3.97. The average molecular weight is 265 g/mol. The van der Waals surface area contributed by atoms with E-state index in [2.05, 4.69) is 36.2 Å². The summed E-state index contributed by atoms with van der Waals surface area (Å²) in [5, 5.41) is 0.797. The normalized spacial score (nSPS) is 18.1. The molecule has 100 valence electrons. The molecule has 0 N–H and O–H groups in total. The van der Waals surface area contributed by atoms with E-state index in [4.69, 9.17) is 4.74 Å². The minimum atomic E-state index is 0.797. The molecule has 0 radical (unpaired) electrons. The van der Waals surface area contributed by atoms with Crippen LogP contribution in [-0.4, -0.2) is 44.0 Å². The van der Waals surface area contributed by atoms with E-state index in [0.717, 1.165) is 18.3 Å². The molecule has 0 bridgehead atoms. The first-order chi connectivity index (χ1) is 8.78. The molecule has 0 unspecified atom stereocenters. The zero-order valence-electron chi connectivity index (χ0n) is 11.4. The first-order valence-electron chi connectivity index (χ1n) is 6.71. The van der Waals surface area contributed by atoms with Crippen molar-refractivity contribution in [2.75, 3.05) is 33.9 Å². The summed E-state index contributed by atoms with van der Waals surface area (Å²) >= 11 is 2.04. The summed E-state index contributed by atoms with van der Waals surface area (Å²) in [4.78, 5) is 3.83. The molecule has 1 aromatic rings. The minimum absolute atomic E-state index is 0.797. The van der Waals surface area contributed by atoms with Crippen LogP contribution in [0.3, 0.4) is 0 Å². The molecule has 0 aliphatic carbocycles. The van der Waals surface area contributed by atoms with Crippen molar-refractivity contribution in [2.24, 2.45) is 0 Å². The number of methoxy groups -OCH3 is 1. The molecule has 0 aromatic heterocycles. The standard InChI is InChI=1S/C15H23NOS/c1-16-10-7-15(8-11-16)18-14-5-3-13(4-6-14)9-12-17-2/h3-6,15H,7-12H2,1-2H3. The van der Waals surface area contributed by atoms with Gasteiger partial charge in [-0.1, -0.05) is 12.1 Å². The fourth-order valence-electron chi connectivity index (χ4n) is 2.25. The highest BCUT2D eigenvalue weighted by Crippen LogP contribution is 2.30. The lowest BCUT2D eigenvalue weighted by Gasteiger charge is -2.28. The fraction of sp³-hybridized carbons (Fsp3) is 0.600. The van der Waals surface area contributed by atoms with Gasteiger partial charge in [0.1, 0.15) is 0 Å². The largest absolute Gasteiger partial charge is 0.384 e. The second-order valence-electron chi connectivity index (χ2n) is 5.01. The lowest BCUT2D eigenvalue weighted by atomic mass is 10.1. The molecule has 0 saturated carbocycles. The number of rotatable bonds is 5. The summed E-state index contributed by atoms with van der Waals surface area (Å²) < 4.78 is 5.10. The number of hydrogen-bond donors (Lipinski definition) is 0. The van der Waals surface area contributed by atoms with E-state index in [-0.39, 0.29) is 0 Å². The van der Waals surface area contributed by atoms with Crippen molar-refractivity contribution in [2.45, 2.75) is 29.4 Å². The van der Waals surface area contributed by atoms with Crippen LogP contribution in [0.25, 0.3) is 0 Å². The van der Waals surface area contributed by atoms with E-state index >= 15 is 0 Å². The summed E-state index contributed by atoms with van der Waals surface area (Å²) in [6.07, 6.45) is 3.63. The molecule has 0 amide bonds. The number of benzene rings is 1. The maximum atomic E-state index is 5.10. The predicted molar refractivity (Wildman–Crippen MR) is 78.4 cm³/mol. The lowest BCUT2D eigenvalue weighted by Crippen LogP contribution is -2.31. The molecule has 1 saturated heterocycles. The Balaban J connectivity index is 1.82. The minimum Gasteiger partial charge on any atom is -0.384 e. The molecular formula is C15H23NOS. The quantitative estimate of drug-likeness (QED) is 0.812. The Labute approximate surface area is 115 Å². The highest BCUT2D eigenvalue weighted by molar-refractivity contribution is 8.00. The molecule has 3 heteroatoms. The summed E-state index contributed by atoms with van der Waals surface area (Å²) in [5.74, 6) is 0. The second kappa shape index (κ2) is 7.17. The summed E-state index contributed by atoms with van der Waals surface area (Å²) in [6, 6.07) is 8.98. The molecule has 2 rings (SSSR count). The Morgan fingerprint density at radius 1 is 1.22 bits per heavy atom. The van der Waals surface area contributed by atoms with E-state index in [0.29, 0.717) is 0 Å². The molecular weight excluding hydrogens is 242 g/mol. The highest BCUT2D eigenvalue weighted by atomic mass is 32.2. The van der Waals surface area contributed by atoms with E-state index in [1.165, 1.54) is 36.4 Å². The number of hydrogen-bond acceptors (Lipinski definition) is 3. The van der Waals surface area contributed by atoms with Crippen LogP contribution >= 0.6 is 11.8 Å². The van der Waals surface area contributed by atoms with Crippen LogP contribution in [0.4, 0.5) is 0 Å². The zero-order chi connectivity index (χ0) is 12.8. The summed E-state index contributed by atoms with van der Waals surface area (Å²) in [6.45, 7) is 3.29. The van der Waals surface area contributed by atoms with Crippen LogP contribution in [0.1, 0.15) is 18.4 Å². The van der Waals surface area contributed by atoms with Gasteiger partial charge < -0.3 is 9.64 Å². The first-order valence-corrected chi connectivity index (χ1v) is 7.59. The van der Waals surface area contributed by atoms with Gasteiger partial charge in [0.05, 0.1) is 6.61 Å². The third-order valence-corrected chi connectivity index (χ3v) is 4.84. The van der Waals surface area contributed by atoms with Gasteiger partial charge in [-0.05, 0) is 57.1 Å². The number of piperidine rings is 1. The molecule has 1 aliphatic heterocycles. The van der Waals surface area contributed by atoms with Gasteiger partial charge in [-0.25, -0.2) is 0 Å². The fourth-order valence-corrected chi connectivity index (χ4v) is 3.37. The van der Waals surface area contributed by atoms with Gasteiger partial charge in [-0.2, -0.15) is 0 Å². The maximum absolute atomic E-state index is 5.10. The van der Waals surface area contributed by atoms with Crippen LogP contribution in [0.15, 0.2) is 29.2 Å². The third-order valence-electron chi connectivity index (χ3n) is 3.49. The zero-order valence-corrected chi connectivity index (χ0v) is 12.2. The molecule has 1 heterocycles. The molecule has 0 atom stereocenters. The van der Waals surface area contributed by atoms with Crippen molar-refractivity contribution >= 4 is 11.8 Å². The van der Waals surface area contributed by atoms with Crippen LogP contribution in [0, 0.1) is 0 Å². The van der Waals surface area contributed by atoms with Crippen molar-refractivity contribution in [3.8, 4) is 0 Å². The van der Waals surface area contributed by atoms with E-state index < -0.39 is 0 Å². The number of likely N-dealkylation sites (tertiary alicyclic amines) is 1. The molecule has 0 spiro atoms. The van der Waals surface area contributed by atoms with Crippen LogP contribution in [0.5, 0.6) is 0 Å². The predicted octanol–water partition coefficient (Wildman–Crippen LogP) is 3.06. The Morgan fingerprint density at radius 2 is 1.89 bits per heavy atom. The molecule has 1 aromatic carbocycles. The number of thioether (sulfide) groups is 1. The Hall–Kier alpha value is -0.510. The topological polar surface area (TPSA) is 12.5 Å². The second-order valence-corrected chi connectivity index (χ2v) is 6.38. The van der Waals surface area contributed by atoms with Crippen molar-refractivity contribution in [1.82, 2.24) is 4.90 Å². The molecule has 18 heavy (non-hydrogen) atoms. The van der Waals surface area contributed by atoms with Crippen molar-refractivity contribution in [3.05, 3.63) is 29.8 Å². The number of nitrogens with zero attached hydrogens (tertiary/aromatic N) is 1. The van der Waals surface area contributed by atoms with Gasteiger partial charge in [0.25, 0.3) is 0 Å². The van der Waals surface area contributed by atoms with Gasteiger partial charge >= 0.3 is 0 Å². The first kappa shape index (κ1) is 13.9. The average Bonchev–Trinajstić information content (AvgIpc) is 2.41. The van der Waals surface area contributed by atoms with Crippen molar-refractivity contribution in [3.63, 3.8) is 0 Å². The van der Waals surface area contributed by atoms with E-state index in [1.807, 2.05) is 11.8 Å². The van der Waals surface area contributed by atoms with Gasteiger partial charge in [0, 0.05) is 17.3 Å². The molecule has 1 fully saturated rings. The monoisotopic (exact) mass is 265 g/mol. The Morgan fingerprint density at radius 3 is 2.50 bits per heavy atom. The van der Waals surface area contributed by atoms with E-state index in [9.17, 15) is 0 Å². The van der Waals surface area contributed by atoms with E-state index in [1.54, 1.807) is 7.11 Å². The highest BCUT2D eigenvalue weighted by Gasteiger charge is 2.17. The van der Waals surface area contributed by atoms with Gasteiger partial charge in [-0.3, -0.25) is 0 Å². The van der Waals surface area contributed by atoms with Gasteiger partial charge in [0.15, 0.2) is 0 Å². The third kappa shape index (κ3) is 4.30. The molecule has 2 nitrogen and oxygen atoms in total. The SMILES string of the molecule is COCCc1ccc(SC2CCN(C)CC2)cc1. The number of ether oxygens (including phenoxy) is 1. The van der Waals surface area contributed by atoms with Gasteiger partial charge in [-0.15, -0.1) is 11.8 Å². The summed E-state index contributed by atoms with van der Waals surface area (Å²) in [5.41, 5.74) is 1.37. The van der Waals surface area contributed by atoms with Crippen molar-refractivity contribution < 1.29 is 4.74 Å². The van der Waals surface area contributed by atoms with Crippen LogP contribution in [-0.2, 0) is 11.2 Å². The van der Waals surface area contributed by atoms with Crippen LogP contribution < -0.4 is 0 Å². The van der Waals surface area contributed by atoms with Crippen LogP contribution in [0.2, 0.25) is 0 Å². The van der Waals surface area contributed by atoms with Gasteiger partial charge in [0.2, 0.25) is 0 Å².